The summed E-state index contributed by atoms with van der Waals surface area (Å²) in [6.07, 6.45) is 6.49. The van der Waals surface area contributed by atoms with E-state index in [1.54, 1.807) is 11.7 Å². The molecule has 214 valence electrons. The number of benzene rings is 2. The van der Waals surface area contributed by atoms with Gasteiger partial charge in [0.2, 0.25) is 5.91 Å². The zero-order chi connectivity index (χ0) is 28.3. The van der Waals surface area contributed by atoms with Gasteiger partial charge in [0.05, 0.1) is 12.6 Å². The Labute approximate surface area is 235 Å². The summed E-state index contributed by atoms with van der Waals surface area (Å²) in [5.41, 5.74) is 2.14. The van der Waals surface area contributed by atoms with Crippen molar-refractivity contribution in [1.29, 1.82) is 0 Å². The minimum Gasteiger partial charge on any atom is -0.493 e. The molecule has 0 bridgehead atoms. The first-order valence-electron chi connectivity index (χ1n) is 14.3. The fraction of sp³-hybridized carbons (Fsp3) is 0.500. The number of nitrogens with one attached hydrogen (secondary N) is 1. The Balaban J connectivity index is 1.46. The van der Waals surface area contributed by atoms with Crippen LogP contribution in [0.3, 0.4) is 0 Å². The van der Waals surface area contributed by atoms with Crippen molar-refractivity contribution in [2.75, 3.05) is 13.7 Å². The summed E-state index contributed by atoms with van der Waals surface area (Å²) in [4.78, 5) is 26.1. The maximum absolute atomic E-state index is 13.4. The van der Waals surface area contributed by atoms with Gasteiger partial charge >= 0.3 is 6.09 Å². The normalized spacial score (nSPS) is 21.2. The van der Waals surface area contributed by atoms with Crippen molar-refractivity contribution in [3.8, 4) is 11.5 Å². The number of amides is 1. The number of fused-ring (bicyclic) bond motifs is 1. The molecule has 2 fully saturated rings. The standard InChI is InChI=1S/C32H40N2O6/c1-32(2,3)40-31(36)34-19-25(22-12-8-13-23(16-22)33-30(35)27-14-9-15-38-27)24-17-28(37-4)29(18-26(24)34)39-20-21-10-6-5-7-11-21/h5-7,10-11,17-19,22-23,27H,8-9,12-16,20H2,1-4H3,(H,33,35)/t22-,23?,27+/m1/s1. The summed E-state index contributed by atoms with van der Waals surface area (Å²) in [5, 5.41) is 4.15. The molecule has 8 nitrogen and oxygen atoms in total. The predicted molar refractivity (Wildman–Crippen MR) is 153 cm³/mol. The van der Waals surface area contributed by atoms with Gasteiger partial charge in [-0.2, -0.15) is 0 Å². The fourth-order valence-corrected chi connectivity index (χ4v) is 5.73. The van der Waals surface area contributed by atoms with Gasteiger partial charge in [0.25, 0.3) is 0 Å². The molecule has 1 aliphatic carbocycles. The number of carbonyl (C=O) groups excluding carboxylic acids is 2. The molecule has 1 amide bonds. The van der Waals surface area contributed by atoms with E-state index in [9.17, 15) is 9.59 Å². The molecule has 1 unspecified atom stereocenters. The molecule has 2 aliphatic rings. The van der Waals surface area contributed by atoms with Crippen LogP contribution in [0.15, 0.2) is 48.7 Å². The first-order chi connectivity index (χ1) is 19.2. The summed E-state index contributed by atoms with van der Waals surface area (Å²) in [6, 6.07) is 13.8. The summed E-state index contributed by atoms with van der Waals surface area (Å²) < 4.78 is 24.9. The van der Waals surface area contributed by atoms with Crippen LogP contribution in [0.25, 0.3) is 10.9 Å². The molecule has 0 radical (unpaired) electrons. The van der Waals surface area contributed by atoms with Crippen LogP contribution in [0.4, 0.5) is 4.79 Å². The monoisotopic (exact) mass is 548 g/mol. The van der Waals surface area contributed by atoms with Gasteiger partial charge in [-0.15, -0.1) is 0 Å². The van der Waals surface area contributed by atoms with Crippen LogP contribution < -0.4 is 14.8 Å². The maximum atomic E-state index is 13.4. The molecule has 0 spiro atoms. The highest BCUT2D eigenvalue weighted by atomic mass is 16.6. The fourth-order valence-electron chi connectivity index (χ4n) is 5.73. The number of ether oxygens (including phenoxy) is 4. The molecule has 8 heteroatoms. The Morgan fingerprint density at radius 3 is 2.55 bits per heavy atom. The van der Waals surface area contributed by atoms with Gasteiger partial charge in [-0.3, -0.25) is 9.36 Å². The second-order valence-electron chi connectivity index (χ2n) is 11.8. The number of methoxy groups -OCH3 is 1. The van der Waals surface area contributed by atoms with Gasteiger partial charge in [-0.05, 0) is 76.0 Å². The highest BCUT2D eigenvalue weighted by molar-refractivity contribution is 5.94. The number of hydrogen-bond acceptors (Lipinski definition) is 6. The van der Waals surface area contributed by atoms with Crippen molar-refractivity contribution < 1.29 is 28.5 Å². The van der Waals surface area contributed by atoms with E-state index < -0.39 is 11.7 Å². The second kappa shape index (κ2) is 11.9. The van der Waals surface area contributed by atoms with Gasteiger partial charge < -0.3 is 24.3 Å². The van der Waals surface area contributed by atoms with Crippen LogP contribution in [0, 0.1) is 0 Å². The molecule has 1 aliphatic heterocycles. The average molecular weight is 549 g/mol. The summed E-state index contributed by atoms with van der Waals surface area (Å²) in [5.74, 6) is 1.31. The van der Waals surface area contributed by atoms with E-state index in [4.69, 9.17) is 18.9 Å². The lowest BCUT2D eigenvalue weighted by Gasteiger charge is -2.30. The first-order valence-corrected chi connectivity index (χ1v) is 14.3. The topological polar surface area (TPSA) is 88.0 Å². The first kappa shape index (κ1) is 28.0. The molecule has 1 saturated heterocycles. The lowest BCUT2D eigenvalue weighted by molar-refractivity contribution is -0.131. The molecule has 2 heterocycles. The van der Waals surface area contributed by atoms with Crippen molar-refractivity contribution in [2.45, 2.75) is 89.6 Å². The van der Waals surface area contributed by atoms with Crippen LogP contribution in [-0.2, 0) is 20.9 Å². The highest BCUT2D eigenvalue weighted by Gasteiger charge is 2.32. The van der Waals surface area contributed by atoms with Crippen molar-refractivity contribution in [3.63, 3.8) is 0 Å². The molecule has 1 N–H and O–H groups in total. The lowest BCUT2D eigenvalue weighted by atomic mass is 9.81. The van der Waals surface area contributed by atoms with Crippen molar-refractivity contribution in [3.05, 3.63) is 59.8 Å². The Kier molecular flexibility index (Phi) is 8.35. The largest absolute Gasteiger partial charge is 0.493 e. The molecule has 1 aromatic heterocycles. The quantitative estimate of drug-likeness (QED) is 0.371. The average Bonchev–Trinajstić information content (AvgIpc) is 3.60. The van der Waals surface area contributed by atoms with Crippen molar-refractivity contribution in [2.24, 2.45) is 0 Å². The van der Waals surface area contributed by atoms with E-state index in [0.29, 0.717) is 30.2 Å². The highest BCUT2D eigenvalue weighted by Crippen LogP contribution is 2.42. The smallest absolute Gasteiger partial charge is 0.419 e. The van der Waals surface area contributed by atoms with Gasteiger partial charge in [0.15, 0.2) is 11.5 Å². The van der Waals surface area contributed by atoms with Gasteiger partial charge in [-0.1, -0.05) is 36.8 Å². The van der Waals surface area contributed by atoms with E-state index >= 15 is 0 Å². The summed E-state index contributed by atoms with van der Waals surface area (Å²) in [6.45, 7) is 6.60. The van der Waals surface area contributed by atoms with E-state index in [2.05, 4.69) is 5.32 Å². The third-order valence-electron chi connectivity index (χ3n) is 7.63. The number of nitrogens with zero attached hydrogens (tertiary/aromatic N) is 1. The van der Waals surface area contributed by atoms with Crippen LogP contribution in [0.5, 0.6) is 11.5 Å². The van der Waals surface area contributed by atoms with Crippen LogP contribution >= 0.6 is 0 Å². The molecule has 1 saturated carbocycles. The molecular formula is C32H40N2O6. The SMILES string of the molecule is COc1cc2c([C@@H]3CCCC(NC(=O)[C@@H]4CCCO4)C3)cn(C(=O)OC(C)(C)C)c2cc1OCc1ccccc1. The predicted octanol–water partition coefficient (Wildman–Crippen LogP) is 6.33. The Bertz CT molecular complexity index is 1340. The minimum absolute atomic E-state index is 0.0128. The Morgan fingerprint density at radius 1 is 1.05 bits per heavy atom. The van der Waals surface area contributed by atoms with Crippen LogP contribution in [0.1, 0.15) is 76.3 Å². The number of aromatic nitrogens is 1. The second-order valence-corrected chi connectivity index (χ2v) is 11.8. The van der Waals surface area contributed by atoms with E-state index in [1.807, 2.05) is 69.4 Å². The third kappa shape index (κ3) is 6.44. The Morgan fingerprint density at radius 2 is 1.85 bits per heavy atom. The van der Waals surface area contributed by atoms with Gasteiger partial charge in [-0.25, -0.2) is 4.79 Å². The summed E-state index contributed by atoms with van der Waals surface area (Å²) in [7, 11) is 1.62. The molecular weight excluding hydrogens is 508 g/mol. The zero-order valence-corrected chi connectivity index (χ0v) is 23.9. The van der Waals surface area contributed by atoms with Gasteiger partial charge in [0, 0.05) is 30.3 Å². The Hall–Kier alpha value is -3.52. The van der Waals surface area contributed by atoms with Crippen LogP contribution in [-0.4, -0.2) is 48.0 Å². The molecule has 5 rings (SSSR count). The van der Waals surface area contributed by atoms with Crippen molar-refractivity contribution in [1.82, 2.24) is 9.88 Å². The van der Waals surface area contributed by atoms with Crippen LogP contribution in [0.2, 0.25) is 0 Å². The number of rotatable bonds is 7. The molecule has 3 atom stereocenters. The zero-order valence-electron chi connectivity index (χ0n) is 23.9. The molecule has 3 aromatic rings. The maximum Gasteiger partial charge on any atom is 0.419 e. The summed E-state index contributed by atoms with van der Waals surface area (Å²) >= 11 is 0. The van der Waals surface area contributed by atoms with E-state index in [0.717, 1.165) is 55.0 Å². The minimum atomic E-state index is -0.643. The van der Waals surface area contributed by atoms with E-state index in [-0.39, 0.29) is 24.0 Å². The van der Waals surface area contributed by atoms with Crippen molar-refractivity contribution >= 4 is 22.9 Å². The number of hydrogen-bond donors (Lipinski definition) is 1. The molecule has 40 heavy (non-hydrogen) atoms. The molecule has 2 aromatic carbocycles. The third-order valence-corrected chi connectivity index (χ3v) is 7.63. The van der Waals surface area contributed by atoms with Gasteiger partial charge in [0.1, 0.15) is 18.3 Å². The number of carbonyl (C=O) groups is 2. The van der Waals surface area contributed by atoms with E-state index in [1.165, 1.54) is 0 Å². The lowest BCUT2D eigenvalue weighted by Crippen LogP contribution is -2.43.